The Balaban J connectivity index is 1.99. The van der Waals surface area contributed by atoms with Crippen LogP contribution in [0.2, 0.25) is 0 Å². The fraction of sp³-hybridized carbons (Fsp3) is 0.250. The van der Waals surface area contributed by atoms with Crippen LogP contribution in [0.25, 0.3) is 10.8 Å². The minimum absolute atomic E-state index is 0.171. The highest BCUT2D eigenvalue weighted by Crippen LogP contribution is 2.18. The van der Waals surface area contributed by atoms with E-state index in [0.29, 0.717) is 6.42 Å². The van der Waals surface area contributed by atoms with Gasteiger partial charge in [0.15, 0.2) is 5.78 Å². The number of rotatable bonds is 4. The summed E-state index contributed by atoms with van der Waals surface area (Å²) >= 11 is 6.74. The predicted molar refractivity (Wildman–Crippen MR) is 91.6 cm³/mol. The van der Waals surface area contributed by atoms with Crippen molar-refractivity contribution in [2.75, 3.05) is 19.8 Å². The van der Waals surface area contributed by atoms with E-state index >= 15 is 0 Å². The van der Waals surface area contributed by atoms with Crippen molar-refractivity contribution in [1.82, 2.24) is 4.90 Å². The topological polar surface area (TPSA) is 20.3 Å². The molecule has 0 N–H and O–H groups in total. The predicted octanol–water partition coefficient (Wildman–Crippen LogP) is 3.99. The molecule has 2 aromatic rings. The molecule has 0 saturated heterocycles. The van der Waals surface area contributed by atoms with Crippen LogP contribution < -0.4 is 0 Å². The van der Waals surface area contributed by atoms with Crippen molar-refractivity contribution in [3.8, 4) is 0 Å². The maximum Gasteiger partial charge on any atom is 0.163 e. The van der Waals surface area contributed by atoms with Gasteiger partial charge in [0.05, 0.1) is 0 Å². The molecule has 2 aromatic carbocycles. The van der Waals surface area contributed by atoms with E-state index in [1.54, 1.807) is 11.8 Å². The number of ketones is 1. The summed E-state index contributed by atoms with van der Waals surface area (Å²) in [6, 6.07) is 13.9. The number of hydrogen-bond acceptors (Lipinski definition) is 3. The van der Waals surface area contributed by atoms with Gasteiger partial charge in [-0.2, -0.15) is 0 Å². The Morgan fingerprint density at radius 1 is 1.15 bits per heavy atom. The molecular formula is C16H17NOS2. The van der Waals surface area contributed by atoms with E-state index in [4.69, 9.17) is 12.2 Å². The number of benzene rings is 2. The van der Waals surface area contributed by atoms with Crippen LogP contribution in [0.3, 0.4) is 0 Å². The standard InChI is InChI=1S/C16H17NOS2/c1-17(2)16(19)20-10-9-15(18)14-8-7-12-5-3-4-6-13(12)11-14/h3-8,11H,9-10H2,1-2H3. The van der Waals surface area contributed by atoms with Gasteiger partial charge in [0.1, 0.15) is 4.32 Å². The Labute approximate surface area is 129 Å². The first-order valence-electron chi connectivity index (χ1n) is 6.44. The van der Waals surface area contributed by atoms with Gasteiger partial charge in [-0.1, -0.05) is 60.4 Å². The van der Waals surface area contributed by atoms with Gasteiger partial charge in [-0.05, 0) is 16.8 Å². The molecule has 2 rings (SSSR count). The highest BCUT2D eigenvalue weighted by Gasteiger charge is 2.08. The molecule has 0 heterocycles. The highest BCUT2D eigenvalue weighted by atomic mass is 32.2. The van der Waals surface area contributed by atoms with Crippen molar-refractivity contribution in [1.29, 1.82) is 0 Å². The molecule has 0 saturated carbocycles. The van der Waals surface area contributed by atoms with Crippen molar-refractivity contribution in [3.63, 3.8) is 0 Å². The monoisotopic (exact) mass is 303 g/mol. The van der Waals surface area contributed by atoms with Gasteiger partial charge in [0.25, 0.3) is 0 Å². The second kappa shape index (κ2) is 6.86. The van der Waals surface area contributed by atoms with Gasteiger partial charge in [0, 0.05) is 31.8 Å². The minimum Gasteiger partial charge on any atom is -0.364 e. The Bertz CT molecular complexity index is 637. The Hall–Kier alpha value is -1.39. The molecule has 0 bridgehead atoms. The molecule has 20 heavy (non-hydrogen) atoms. The molecule has 0 unspecified atom stereocenters. The quantitative estimate of drug-likeness (QED) is 0.628. The van der Waals surface area contributed by atoms with Crippen molar-refractivity contribution in [3.05, 3.63) is 48.0 Å². The van der Waals surface area contributed by atoms with Crippen LogP contribution >= 0.6 is 24.0 Å². The van der Waals surface area contributed by atoms with Gasteiger partial charge < -0.3 is 4.90 Å². The fourth-order valence-corrected chi connectivity index (χ4v) is 2.84. The zero-order chi connectivity index (χ0) is 14.5. The summed E-state index contributed by atoms with van der Waals surface area (Å²) in [6.07, 6.45) is 0.511. The first-order valence-corrected chi connectivity index (χ1v) is 7.83. The number of Topliss-reactive ketones (excluding diaryl/α,β-unsaturated/α-hetero) is 1. The first kappa shape index (κ1) is 15.0. The van der Waals surface area contributed by atoms with Crippen LogP contribution in [0, 0.1) is 0 Å². The van der Waals surface area contributed by atoms with Crippen molar-refractivity contribution in [2.24, 2.45) is 0 Å². The lowest BCUT2D eigenvalue weighted by molar-refractivity contribution is 0.0989. The van der Waals surface area contributed by atoms with Crippen LogP contribution in [-0.2, 0) is 0 Å². The lowest BCUT2D eigenvalue weighted by Gasteiger charge is -2.12. The smallest absolute Gasteiger partial charge is 0.163 e. The summed E-state index contributed by atoms with van der Waals surface area (Å²) in [7, 11) is 3.83. The van der Waals surface area contributed by atoms with Crippen molar-refractivity contribution in [2.45, 2.75) is 6.42 Å². The SMILES string of the molecule is CN(C)C(=S)SCCC(=O)c1ccc2ccccc2c1. The lowest BCUT2D eigenvalue weighted by Crippen LogP contribution is -2.16. The zero-order valence-corrected chi connectivity index (χ0v) is 13.3. The molecule has 0 aliphatic rings. The highest BCUT2D eigenvalue weighted by molar-refractivity contribution is 8.22. The molecule has 104 valence electrons. The molecule has 0 aliphatic carbocycles. The molecule has 0 aliphatic heterocycles. The van der Waals surface area contributed by atoms with Crippen LogP contribution in [-0.4, -0.2) is 34.9 Å². The molecule has 0 atom stereocenters. The Kier molecular flexibility index (Phi) is 5.15. The summed E-state index contributed by atoms with van der Waals surface area (Å²) in [5.74, 6) is 0.896. The van der Waals surface area contributed by atoms with Crippen LogP contribution in [0.1, 0.15) is 16.8 Å². The largest absolute Gasteiger partial charge is 0.364 e. The normalized spacial score (nSPS) is 10.5. The zero-order valence-electron chi connectivity index (χ0n) is 11.6. The van der Waals surface area contributed by atoms with E-state index in [9.17, 15) is 4.79 Å². The maximum atomic E-state index is 12.2. The van der Waals surface area contributed by atoms with Crippen LogP contribution in [0.5, 0.6) is 0 Å². The molecular weight excluding hydrogens is 286 g/mol. The lowest BCUT2D eigenvalue weighted by atomic mass is 10.0. The van der Waals surface area contributed by atoms with E-state index in [1.807, 2.05) is 55.4 Å². The summed E-state index contributed by atoms with van der Waals surface area (Å²) in [4.78, 5) is 14.1. The van der Waals surface area contributed by atoms with Crippen LogP contribution in [0.4, 0.5) is 0 Å². The number of fused-ring (bicyclic) bond motifs is 1. The van der Waals surface area contributed by atoms with E-state index in [-0.39, 0.29) is 5.78 Å². The molecule has 0 fully saturated rings. The van der Waals surface area contributed by atoms with Gasteiger partial charge in [-0.15, -0.1) is 0 Å². The number of carbonyl (C=O) groups excluding carboxylic acids is 1. The number of hydrogen-bond donors (Lipinski definition) is 0. The second-order valence-electron chi connectivity index (χ2n) is 4.74. The average Bonchev–Trinajstić information content (AvgIpc) is 2.46. The Morgan fingerprint density at radius 2 is 1.85 bits per heavy atom. The van der Waals surface area contributed by atoms with Gasteiger partial charge in [0.2, 0.25) is 0 Å². The molecule has 0 amide bonds. The van der Waals surface area contributed by atoms with Gasteiger partial charge in [-0.25, -0.2) is 0 Å². The third-order valence-electron chi connectivity index (χ3n) is 2.99. The molecule has 2 nitrogen and oxygen atoms in total. The minimum atomic E-state index is 0.171. The Morgan fingerprint density at radius 3 is 2.55 bits per heavy atom. The summed E-state index contributed by atoms with van der Waals surface area (Å²) in [5.41, 5.74) is 0.778. The molecule has 4 heteroatoms. The number of nitrogens with zero attached hydrogens (tertiary/aromatic N) is 1. The van der Waals surface area contributed by atoms with Gasteiger partial charge >= 0.3 is 0 Å². The summed E-state index contributed by atoms with van der Waals surface area (Å²) in [5, 5.41) is 2.27. The van der Waals surface area contributed by atoms with E-state index in [2.05, 4.69) is 6.07 Å². The van der Waals surface area contributed by atoms with Gasteiger partial charge in [-0.3, -0.25) is 4.79 Å². The number of carbonyl (C=O) groups is 1. The fourth-order valence-electron chi connectivity index (χ4n) is 1.87. The maximum absolute atomic E-state index is 12.2. The van der Waals surface area contributed by atoms with Crippen LogP contribution in [0.15, 0.2) is 42.5 Å². The molecule has 0 spiro atoms. The average molecular weight is 303 g/mol. The van der Waals surface area contributed by atoms with E-state index in [1.165, 1.54) is 0 Å². The third-order valence-corrected chi connectivity index (χ3v) is 4.73. The number of thiocarbonyl (C=S) groups is 1. The molecule has 0 radical (unpaired) electrons. The second-order valence-corrected chi connectivity index (χ2v) is 6.47. The van der Waals surface area contributed by atoms with Crippen molar-refractivity contribution < 1.29 is 4.79 Å². The summed E-state index contributed by atoms with van der Waals surface area (Å²) < 4.78 is 0.816. The van der Waals surface area contributed by atoms with E-state index < -0.39 is 0 Å². The third kappa shape index (κ3) is 3.81. The first-order chi connectivity index (χ1) is 9.58. The van der Waals surface area contributed by atoms with Crippen molar-refractivity contribution >= 4 is 44.9 Å². The molecule has 0 aromatic heterocycles. The number of thioether (sulfide) groups is 1. The summed E-state index contributed by atoms with van der Waals surface area (Å²) in [6.45, 7) is 0. The van der Waals surface area contributed by atoms with E-state index in [0.717, 1.165) is 26.4 Å².